The van der Waals surface area contributed by atoms with Crippen molar-refractivity contribution in [2.24, 2.45) is 0 Å². The molecule has 0 bridgehead atoms. The first-order valence-electron chi connectivity index (χ1n) is 8.61. The second-order valence-corrected chi connectivity index (χ2v) is 6.33. The third kappa shape index (κ3) is 2.29. The number of fused-ring (bicyclic) bond motifs is 2. The molecule has 0 spiro atoms. The fourth-order valence-electron chi connectivity index (χ4n) is 3.51. The molecule has 0 saturated carbocycles. The minimum absolute atomic E-state index is 0.0838. The summed E-state index contributed by atoms with van der Waals surface area (Å²) in [6.07, 6.45) is 2.63. The highest BCUT2D eigenvalue weighted by molar-refractivity contribution is 6.06. The van der Waals surface area contributed by atoms with Crippen LogP contribution >= 0.6 is 0 Å². The molecule has 0 aliphatic carbocycles. The third-order valence-electron chi connectivity index (χ3n) is 4.78. The normalized spacial score (nSPS) is 13.2. The number of para-hydroxylation sites is 1. The quantitative estimate of drug-likeness (QED) is 0.560. The van der Waals surface area contributed by atoms with Crippen LogP contribution in [-0.2, 0) is 6.42 Å². The van der Waals surface area contributed by atoms with Gasteiger partial charge in [0, 0.05) is 30.1 Å². The maximum absolute atomic E-state index is 13.0. The average Bonchev–Trinajstić information content (AvgIpc) is 3.32. The van der Waals surface area contributed by atoms with Gasteiger partial charge in [-0.1, -0.05) is 48.5 Å². The van der Waals surface area contributed by atoms with Gasteiger partial charge < -0.3 is 4.90 Å². The Kier molecular flexibility index (Phi) is 3.31. The SMILES string of the molecule is O=C(c1cc2nccc(-c3ccccc3)n2n1)N1CCc2ccccc21. The lowest BCUT2D eigenvalue weighted by Crippen LogP contribution is -2.29. The molecular formula is C21H16N4O. The first-order chi connectivity index (χ1) is 12.8. The van der Waals surface area contributed by atoms with Crippen LogP contribution in [0.25, 0.3) is 16.9 Å². The van der Waals surface area contributed by atoms with Crippen molar-refractivity contribution in [3.05, 3.63) is 84.2 Å². The summed E-state index contributed by atoms with van der Waals surface area (Å²) >= 11 is 0. The molecule has 0 N–H and O–H groups in total. The predicted octanol–water partition coefficient (Wildman–Crippen LogP) is 3.60. The molecule has 5 nitrogen and oxygen atoms in total. The van der Waals surface area contributed by atoms with Gasteiger partial charge in [-0.15, -0.1) is 0 Å². The third-order valence-corrected chi connectivity index (χ3v) is 4.78. The van der Waals surface area contributed by atoms with Crippen LogP contribution in [0.5, 0.6) is 0 Å². The van der Waals surface area contributed by atoms with E-state index in [9.17, 15) is 4.79 Å². The summed E-state index contributed by atoms with van der Waals surface area (Å²) in [6, 6.07) is 21.7. The molecule has 0 atom stereocenters. The fraction of sp³-hybridized carbons (Fsp3) is 0.0952. The van der Waals surface area contributed by atoms with Crippen LogP contribution in [0.4, 0.5) is 5.69 Å². The second kappa shape index (κ2) is 5.81. The Balaban J connectivity index is 1.58. The lowest BCUT2D eigenvalue weighted by Gasteiger charge is -2.15. The highest BCUT2D eigenvalue weighted by Gasteiger charge is 2.27. The van der Waals surface area contributed by atoms with Gasteiger partial charge in [-0.05, 0) is 24.1 Å². The average molecular weight is 340 g/mol. The molecule has 1 aliphatic heterocycles. The first kappa shape index (κ1) is 14.8. The summed E-state index contributed by atoms with van der Waals surface area (Å²) in [5, 5.41) is 4.57. The second-order valence-electron chi connectivity index (χ2n) is 6.33. The van der Waals surface area contributed by atoms with E-state index in [2.05, 4.69) is 16.1 Å². The molecule has 0 radical (unpaired) electrons. The van der Waals surface area contributed by atoms with Crippen LogP contribution in [0.2, 0.25) is 0 Å². The molecule has 2 aromatic carbocycles. The van der Waals surface area contributed by atoms with Crippen molar-refractivity contribution in [1.82, 2.24) is 14.6 Å². The number of carbonyl (C=O) groups excluding carboxylic acids is 1. The van der Waals surface area contributed by atoms with Gasteiger partial charge in [0.2, 0.25) is 0 Å². The van der Waals surface area contributed by atoms with E-state index in [1.165, 1.54) is 5.56 Å². The largest absolute Gasteiger partial charge is 0.306 e. The number of hydrogen-bond donors (Lipinski definition) is 0. The lowest BCUT2D eigenvalue weighted by molar-refractivity contribution is 0.0984. The molecule has 5 rings (SSSR count). The van der Waals surface area contributed by atoms with E-state index < -0.39 is 0 Å². The number of benzene rings is 2. The molecule has 1 aliphatic rings. The summed E-state index contributed by atoms with van der Waals surface area (Å²) in [6.45, 7) is 0.686. The van der Waals surface area contributed by atoms with Crippen LogP contribution in [0.1, 0.15) is 16.1 Å². The number of carbonyl (C=O) groups is 1. The summed E-state index contributed by atoms with van der Waals surface area (Å²) in [7, 11) is 0. The molecule has 1 amide bonds. The zero-order valence-electron chi connectivity index (χ0n) is 14.0. The standard InChI is InChI=1S/C21H16N4O/c26-21(24-13-11-16-8-4-5-9-18(16)24)17-14-20-22-12-10-19(25(20)23-17)15-6-2-1-3-7-15/h1-10,12,14H,11,13H2. The predicted molar refractivity (Wildman–Crippen MR) is 100 cm³/mol. The van der Waals surface area contributed by atoms with E-state index in [1.54, 1.807) is 21.7 Å². The van der Waals surface area contributed by atoms with Crippen LogP contribution < -0.4 is 4.90 Å². The molecule has 2 aromatic heterocycles. The van der Waals surface area contributed by atoms with E-state index in [0.29, 0.717) is 17.9 Å². The molecule has 0 saturated heterocycles. The minimum Gasteiger partial charge on any atom is -0.306 e. The highest BCUT2D eigenvalue weighted by atomic mass is 16.2. The Labute approximate surface area is 150 Å². The molecule has 5 heteroatoms. The summed E-state index contributed by atoms with van der Waals surface area (Å²) in [4.78, 5) is 19.2. The van der Waals surface area contributed by atoms with E-state index in [4.69, 9.17) is 0 Å². The topological polar surface area (TPSA) is 50.5 Å². The van der Waals surface area contributed by atoms with E-state index in [0.717, 1.165) is 23.4 Å². The van der Waals surface area contributed by atoms with Gasteiger partial charge in [0.05, 0.1) is 5.69 Å². The number of amides is 1. The van der Waals surface area contributed by atoms with Crippen molar-refractivity contribution in [2.75, 3.05) is 11.4 Å². The van der Waals surface area contributed by atoms with Crippen molar-refractivity contribution in [3.63, 3.8) is 0 Å². The molecule has 26 heavy (non-hydrogen) atoms. The zero-order valence-corrected chi connectivity index (χ0v) is 14.0. The summed E-state index contributed by atoms with van der Waals surface area (Å²) in [5.74, 6) is -0.0838. The number of nitrogens with zero attached hydrogens (tertiary/aromatic N) is 4. The Hall–Kier alpha value is -3.47. The zero-order chi connectivity index (χ0) is 17.5. The van der Waals surface area contributed by atoms with Gasteiger partial charge in [0.25, 0.3) is 5.91 Å². The van der Waals surface area contributed by atoms with Crippen molar-refractivity contribution in [1.29, 1.82) is 0 Å². The Morgan fingerprint density at radius 1 is 0.962 bits per heavy atom. The number of anilines is 1. The van der Waals surface area contributed by atoms with Crippen molar-refractivity contribution < 1.29 is 4.79 Å². The van der Waals surface area contributed by atoms with Gasteiger partial charge in [0.1, 0.15) is 0 Å². The molecule has 126 valence electrons. The number of hydrogen-bond acceptors (Lipinski definition) is 3. The number of aromatic nitrogens is 3. The molecule has 0 fully saturated rings. The first-order valence-corrected chi connectivity index (χ1v) is 8.61. The molecule has 0 unspecified atom stereocenters. The lowest BCUT2D eigenvalue weighted by atomic mass is 10.1. The highest BCUT2D eigenvalue weighted by Crippen LogP contribution is 2.29. The summed E-state index contributed by atoms with van der Waals surface area (Å²) in [5.41, 5.74) is 5.21. The van der Waals surface area contributed by atoms with Crippen molar-refractivity contribution in [2.45, 2.75) is 6.42 Å². The van der Waals surface area contributed by atoms with Gasteiger partial charge >= 0.3 is 0 Å². The van der Waals surface area contributed by atoms with Gasteiger partial charge in [-0.3, -0.25) is 4.79 Å². The van der Waals surface area contributed by atoms with Crippen LogP contribution in [0.3, 0.4) is 0 Å². The Bertz CT molecular complexity index is 1120. The van der Waals surface area contributed by atoms with Crippen LogP contribution in [0.15, 0.2) is 72.9 Å². The van der Waals surface area contributed by atoms with Crippen LogP contribution in [-0.4, -0.2) is 27.0 Å². The van der Waals surface area contributed by atoms with E-state index in [-0.39, 0.29) is 5.91 Å². The van der Waals surface area contributed by atoms with E-state index in [1.807, 2.05) is 54.6 Å². The maximum atomic E-state index is 13.0. The van der Waals surface area contributed by atoms with Gasteiger partial charge in [-0.2, -0.15) is 5.10 Å². The Morgan fingerprint density at radius 3 is 2.65 bits per heavy atom. The van der Waals surface area contributed by atoms with Crippen LogP contribution in [0, 0.1) is 0 Å². The van der Waals surface area contributed by atoms with Crippen molar-refractivity contribution >= 4 is 17.2 Å². The number of rotatable bonds is 2. The van der Waals surface area contributed by atoms with Gasteiger partial charge in [0.15, 0.2) is 11.3 Å². The summed E-state index contributed by atoms with van der Waals surface area (Å²) < 4.78 is 1.74. The van der Waals surface area contributed by atoms with Crippen molar-refractivity contribution in [3.8, 4) is 11.3 Å². The molecular weight excluding hydrogens is 324 g/mol. The monoisotopic (exact) mass is 340 g/mol. The van der Waals surface area contributed by atoms with Gasteiger partial charge in [-0.25, -0.2) is 9.50 Å². The molecule has 4 aromatic rings. The Morgan fingerprint density at radius 2 is 1.77 bits per heavy atom. The molecule has 3 heterocycles. The minimum atomic E-state index is -0.0838. The fourth-order valence-corrected chi connectivity index (χ4v) is 3.51. The maximum Gasteiger partial charge on any atom is 0.278 e. The van der Waals surface area contributed by atoms with E-state index >= 15 is 0 Å². The smallest absolute Gasteiger partial charge is 0.278 e.